The van der Waals surface area contributed by atoms with E-state index in [1.807, 2.05) is 12.3 Å². The summed E-state index contributed by atoms with van der Waals surface area (Å²) in [6.45, 7) is 9.24. The van der Waals surface area contributed by atoms with E-state index in [4.69, 9.17) is 13.9 Å². The molecule has 1 aromatic heterocycles. The van der Waals surface area contributed by atoms with Gasteiger partial charge in [0, 0.05) is 47.5 Å². The largest absolute Gasteiger partial charge is 0.493 e. The van der Waals surface area contributed by atoms with Crippen LogP contribution in [0, 0.1) is 11.8 Å². The van der Waals surface area contributed by atoms with Gasteiger partial charge >= 0.3 is 0 Å². The molecular formula is C27H33NO4. The van der Waals surface area contributed by atoms with E-state index in [0.29, 0.717) is 18.4 Å². The molecule has 2 fully saturated rings. The fraction of sp³-hybridized carbons (Fsp3) is 0.593. The molecule has 2 aliphatic heterocycles. The Kier molecular flexibility index (Phi) is 4.36. The van der Waals surface area contributed by atoms with E-state index >= 15 is 0 Å². The van der Waals surface area contributed by atoms with Crippen LogP contribution in [0.2, 0.25) is 0 Å². The van der Waals surface area contributed by atoms with Gasteiger partial charge in [-0.2, -0.15) is 0 Å². The molecule has 4 aliphatic rings. The summed E-state index contributed by atoms with van der Waals surface area (Å²) in [5.41, 5.74) is 4.84. The molecule has 170 valence electrons. The number of likely N-dealkylation sites (tertiary alicyclic amines) is 1. The maximum Gasteiger partial charge on any atom is 0.165 e. The van der Waals surface area contributed by atoms with Crippen molar-refractivity contribution in [2.75, 3.05) is 20.2 Å². The molecule has 2 aromatic rings. The number of hydrogen-bond donors (Lipinski definition) is 0. The quantitative estimate of drug-likeness (QED) is 0.576. The summed E-state index contributed by atoms with van der Waals surface area (Å²) < 4.78 is 17.9. The van der Waals surface area contributed by atoms with Crippen molar-refractivity contribution in [3.63, 3.8) is 0 Å². The zero-order valence-electron chi connectivity index (χ0n) is 19.5. The van der Waals surface area contributed by atoms with Crippen LogP contribution in [0.15, 0.2) is 29.1 Å². The lowest BCUT2D eigenvalue weighted by atomic mass is 9.47. The standard InChI is InChI=1S/C27H33NO4/c1-16-27(3)20(6-5-10-29)25-26(2,15-28(25)13-17-7-8-17)22-19(18-9-11-31-14-18)12-21(30-4)24(32-16)23(22)27/h9-12,14,16-17,20,25H,5-8,13,15H2,1-4H3/t16-,20?,25?,26?,27-/m1/s1. The van der Waals surface area contributed by atoms with Crippen LogP contribution < -0.4 is 9.47 Å². The smallest absolute Gasteiger partial charge is 0.165 e. The van der Waals surface area contributed by atoms with Gasteiger partial charge in [-0.05, 0) is 61.3 Å². The molecule has 0 spiro atoms. The molecule has 32 heavy (non-hydrogen) atoms. The van der Waals surface area contributed by atoms with Crippen molar-refractivity contribution in [1.82, 2.24) is 4.90 Å². The lowest BCUT2D eigenvalue weighted by Crippen LogP contribution is -2.74. The second-order valence-electron chi connectivity index (χ2n) is 10.8. The van der Waals surface area contributed by atoms with Gasteiger partial charge in [0.2, 0.25) is 0 Å². The van der Waals surface area contributed by atoms with Crippen molar-refractivity contribution in [2.24, 2.45) is 11.8 Å². The average molecular weight is 436 g/mol. The van der Waals surface area contributed by atoms with Crippen molar-refractivity contribution < 1.29 is 18.7 Å². The number of rotatable bonds is 7. The number of hydrogen-bond acceptors (Lipinski definition) is 5. The summed E-state index contributed by atoms with van der Waals surface area (Å²) in [7, 11) is 1.72. The monoisotopic (exact) mass is 435 g/mol. The van der Waals surface area contributed by atoms with E-state index < -0.39 is 0 Å². The molecule has 1 aromatic carbocycles. The summed E-state index contributed by atoms with van der Waals surface area (Å²) in [5.74, 6) is 2.90. The van der Waals surface area contributed by atoms with Crippen LogP contribution in [0.4, 0.5) is 0 Å². The highest BCUT2D eigenvalue weighted by Gasteiger charge is 2.67. The van der Waals surface area contributed by atoms with Crippen molar-refractivity contribution in [3.05, 3.63) is 35.8 Å². The van der Waals surface area contributed by atoms with Gasteiger partial charge in [-0.3, -0.25) is 4.90 Å². The number of aldehydes is 1. The molecule has 0 radical (unpaired) electrons. The van der Waals surface area contributed by atoms with Gasteiger partial charge < -0.3 is 18.7 Å². The molecule has 0 amide bonds. The number of benzene rings is 1. The van der Waals surface area contributed by atoms with Gasteiger partial charge in [-0.25, -0.2) is 0 Å². The first-order chi connectivity index (χ1) is 15.4. The normalized spacial score (nSPS) is 34.9. The first kappa shape index (κ1) is 20.3. The van der Waals surface area contributed by atoms with Gasteiger partial charge in [0.25, 0.3) is 0 Å². The van der Waals surface area contributed by atoms with E-state index in [1.165, 1.54) is 36.1 Å². The molecule has 3 unspecified atom stereocenters. The minimum atomic E-state index is -0.174. The van der Waals surface area contributed by atoms with Crippen LogP contribution >= 0.6 is 0 Å². The molecule has 5 heteroatoms. The zero-order valence-corrected chi connectivity index (χ0v) is 19.5. The predicted octanol–water partition coefficient (Wildman–Crippen LogP) is 4.95. The molecule has 5 nitrogen and oxygen atoms in total. The molecule has 1 saturated carbocycles. The van der Waals surface area contributed by atoms with Crippen molar-refractivity contribution in [3.8, 4) is 22.6 Å². The zero-order chi connectivity index (χ0) is 22.3. The maximum atomic E-state index is 11.5. The predicted molar refractivity (Wildman–Crippen MR) is 122 cm³/mol. The fourth-order valence-electron chi connectivity index (χ4n) is 7.32. The molecule has 1 saturated heterocycles. The van der Waals surface area contributed by atoms with E-state index in [1.54, 1.807) is 13.4 Å². The fourth-order valence-corrected chi connectivity index (χ4v) is 7.32. The number of fused-ring (bicyclic) bond motifs is 2. The van der Waals surface area contributed by atoms with Gasteiger partial charge in [0.15, 0.2) is 11.5 Å². The van der Waals surface area contributed by atoms with Crippen LogP contribution in [0.3, 0.4) is 0 Å². The number of methoxy groups -OCH3 is 1. The minimum Gasteiger partial charge on any atom is -0.493 e. The Hall–Kier alpha value is -2.27. The Morgan fingerprint density at radius 3 is 2.75 bits per heavy atom. The average Bonchev–Trinajstić information content (AvgIpc) is 3.33. The molecule has 3 heterocycles. The van der Waals surface area contributed by atoms with Crippen molar-refractivity contribution in [1.29, 1.82) is 0 Å². The number of ether oxygens (including phenoxy) is 2. The van der Waals surface area contributed by atoms with Gasteiger partial charge in [0.1, 0.15) is 12.4 Å². The number of carbonyl (C=O) groups excluding carboxylic acids is 1. The molecule has 2 aliphatic carbocycles. The Labute approximate surface area is 190 Å². The summed E-state index contributed by atoms with van der Waals surface area (Å²) in [6, 6.07) is 4.61. The first-order valence-electron chi connectivity index (χ1n) is 12.1. The minimum absolute atomic E-state index is 0.0122. The second-order valence-corrected chi connectivity index (χ2v) is 10.8. The third-order valence-electron chi connectivity index (χ3n) is 9.06. The number of nitrogens with zero attached hydrogens (tertiary/aromatic N) is 1. The van der Waals surface area contributed by atoms with E-state index in [2.05, 4.69) is 31.7 Å². The van der Waals surface area contributed by atoms with Crippen LogP contribution in [-0.4, -0.2) is 43.5 Å². The first-order valence-corrected chi connectivity index (χ1v) is 12.1. The third kappa shape index (κ3) is 2.52. The van der Waals surface area contributed by atoms with Crippen LogP contribution in [-0.2, 0) is 15.6 Å². The van der Waals surface area contributed by atoms with E-state index in [0.717, 1.165) is 42.2 Å². The Balaban J connectivity index is 1.61. The van der Waals surface area contributed by atoms with Gasteiger partial charge in [-0.15, -0.1) is 0 Å². The van der Waals surface area contributed by atoms with Crippen LogP contribution in [0.25, 0.3) is 11.1 Å². The van der Waals surface area contributed by atoms with Crippen molar-refractivity contribution >= 4 is 6.29 Å². The number of carbonyl (C=O) groups is 1. The molecule has 6 rings (SSSR count). The lowest BCUT2D eigenvalue weighted by molar-refractivity contribution is -0.111. The lowest BCUT2D eigenvalue weighted by Gasteiger charge is -2.66. The summed E-state index contributed by atoms with van der Waals surface area (Å²) in [6.07, 6.45) is 8.90. The highest BCUT2D eigenvalue weighted by Crippen LogP contribution is 2.66. The molecule has 5 atom stereocenters. The molecule has 0 bridgehead atoms. The second kappa shape index (κ2) is 6.86. The molecule has 0 N–H and O–H groups in total. The highest BCUT2D eigenvalue weighted by molar-refractivity contribution is 5.79. The summed E-state index contributed by atoms with van der Waals surface area (Å²) in [5, 5.41) is 0. The van der Waals surface area contributed by atoms with E-state index in [-0.39, 0.29) is 16.9 Å². The summed E-state index contributed by atoms with van der Waals surface area (Å²) in [4.78, 5) is 14.2. The Bertz CT molecular complexity index is 1060. The Morgan fingerprint density at radius 2 is 2.09 bits per heavy atom. The third-order valence-corrected chi connectivity index (χ3v) is 9.06. The highest BCUT2D eigenvalue weighted by atomic mass is 16.5. The van der Waals surface area contributed by atoms with Crippen molar-refractivity contribution in [2.45, 2.75) is 69.4 Å². The van der Waals surface area contributed by atoms with Gasteiger partial charge in [0.05, 0.1) is 19.6 Å². The van der Waals surface area contributed by atoms with Gasteiger partial charge in [-0.1, -0.05) is 13.8 Å². The topological polar surface area (TPSA) is 51.9 Å². The Morgan fingerprint density at radius 1 is 1.28 bits per heavy atom. The van der Waals surface area contributed by atoms with Crippen LogP contribution in [0.1, 0.15) is 57.6 Å². The molecular weight excluding hydrogens is 402 g/mol. The van der Waals surface area contributed by atoms with Crippen LogP contribution in [0.5, 0.6) is 11.5 Å². The number of furan rings is 1. The van der Waals surface area contributed by atoms with E-state index in [9.17, 15) is 4.79 Å². The summed E-state index contributed by atoms with van der Waals surface area (Å²) >= 11 is 0. The SMILES string of the molecule is COc1cc(-c2ccoc2)c2c3c1O[C@H](C)[C@]3(C)C(CCC=O)C1N(CC3CC3)CC21C. The maximum absolute atomic E-state index is 11.5.